The summed E-state index contributed by atoms with van der Waals surface area (Å²) in [5, 5.41) is 0. The molecule has 0 N–H and O–H groups in total. The van der Waals surface area contributed by atoms with Crippen LogP contribution >= 0.6 is 0 Å². The first-order valence-corrected chi connectivity index (χ1v) is 8.46. The molecule has 1 aromatic carbocycles. The van der Waals surface area contributed by atoms with Crippen LogP contribution in [0.5, 0.6) is 11.5 Å². The third-order valence-corrected chi connectivity index (χ3v) is 4.70. The predicted molar refractivity (Wildman–Crippen MR) is 89.4 cm³/mol. The summed E-state index contributed by atoms with van der Waals surface area (Å²) in [6.45, 7) is 1.85. The number of fused-ring (bicyclic) bond motifs is 1. The van der Waals surface area contributed by atoms with Gasteiger partial charge in [0.05, 0.1) is 12.9 Å². The van der Waals surface area contributed by atoms with Crippen LogP contribution in [0.1, 0.15) is 23.7 Å². The molecule has 0 spiro atoms. The highest BCUT2D eigenvalue weighted by molar-refractivity contribution is 5.82. The largest absolute Gasteiger partial charge is 0.469 e. The summed E-state index contributed by atoms with van der Waals surface area (Å²) in [5.74, 6) is 2.72. The van der Waals surface area contributed by atoms with E-state index in [9.17, 15) is 4.79 Å². The summed E-state index contributed by atoms with van der Waals surface area (Å²) >= 11 is 0. The molecule has 1 saturated carbocycles. The first kappa shape index (κ1) is 16.0. The SMILES string of the molecule is COCCN(Cc1ccc2c(c1)OCO2)C(=O)[C@H]1C[C@@H]1c1ccco1. The highest BCUT2D eigenvalue weighted by Crippen LogP contribution is 2.48. The average Bonchev–Trinajstić information content (AvgIpc) is 3.03. The van der Waals surface area contributed by atoms with Gasteiger partial charge in [-0.15, -0.1) is 0 Å². The van der Waals surface area contributed by atoms with Crippen LogP contribution < -0.4 is 9.47 Å². The summed E-state index contributed by atoms with van der Waals surface area (Å²) in [4.78, 5) is 14.8. The summed E-state index contributed by atoms with van der Waals surface area (Å²) < 4.78 is 21.4. The minimum absolute atomic E-state index is 0.00276. The van der Waals surface area contributed by atoms with Crippen molar-refractivity contribution >= 4 is 5.91 Å². The van der Waals surface area contributed by atoms with Gasteiger partial charge < -0.3 is 23.5 Å². The van der Waals surface area contributed by atoms with Crippen molar-refractivity contribution in [3.63, 3.8) is 0 Å². The number of hydrogen-bond acceptors (Lipinski definition) is 5. The molecule has 132 valence electrons. The molecule has 0 radical (unpaired) electrons. The van der Waals surface area contributed by atoms with Crippen molar-refractivity contribution in [2.45, 2.75) is 18.9 Å². The third kappa shape index (κ3) is 3.35. The molecular formula is C19H21NO5. The van der Waals surface area contributed by atoms with Crippen LogP contribution in [-0.4, -0.2) is 37.9 Å². The maximum atomic E-state index is 12.9. The van der Waals surface area contributed by atoms with Crippen LogP contribution in [-0.2, 0) is 16.1 Å². The molecule has 2 atom stereocenters. The van der Waals surface area contributed by atoms with Gasteiger partial charge in [-0.3, -0.25) is 4.79 Å². The van der Waals surface area contributed by atoms with E-state index in [2.05, 4.69) is 0 Å². The van der Waals surface area contributed by atoms with Gasteiger partial charge >= 0.3 is 0 Å². The van der Waals surface area contributed by atoms with Gasteiger partial charge in [0.2, 0.25) is 12.7 Å². The molecule has 1 fully saturated rings. The molecule has 1 aliphatic heterocycles. The highest BCUT2D eigenvalue weighted by Gasteiger charge is 2.47. The Morgan fingerprint density at radius 2 is 2.16 bits per heavy atom. The Hall–Kier alpha value is -2.47. The lowest BCUT2D eigenvalue weighted by molar-refractivity contribution is -0.134. The lowest BCUT2D eigenvalue weighted by atomic mass is 10.1. The van der Waals surface area contributed by atoms with Crippen LogP contribution in [0.4, 0.5) is 0 Å². The van der Waals surface area contributed by atoms with E-state index >= 15 is 0 Å². The van der Waals surface area contributed by atoms with Gasteiger partial charge in [-0.25, -0.2) is 0 Å². The lowest BCUT2D eigenvalue weighted by Crippen LogP contribution is -2.34. The smallest absolute Gasteiger partial charge is 0.231 e. The van der Waals surface area contributed by atoms with E-state index in [0.29, 0.717) is 19.7 Å². The van der Waals surface area contributed by atoms with E-state index < -0.39 is 0 Å². The van der Waals surface area contributed by atoms with Crippen molar-refractivity contribution in [1.82, 2.24) is 4.90 Å². The molecule has 6 heteroatoms. The number of carbonyl (C=O) groups excluding carboxylic acids is 1. The van der Waals surface area contributed by atoms with Crippen molar-refractivity contribution < 1.29 is 23.4 Å². The Labute approximate surface area is 146 Å². The van der Waals surface area contributed by atoms with E-state index in [-0.39, 0.29) is 24.5 Å². The summed E-state index contributed by atoms with van der Waals surface area (Å²) in [5.41, 5.74) is 1.02. The molecule has 1 aliphatic carbocycles. The van der Waals surface area contributed by atoms with Crippen LogP contribution in [0.25, 0.3) is 0 Å². The molecule has 1 amide bonds. The Kier molecular flexibility index (Phi) is 4.36. The van der Waals surface area contributed by atoms with Gasteiger partial charge in [0.1, 0.15) is 5.76 Å². The van der Waals surface area contributed by atoms with Gasteiger partial charge in [0.15, 0.2) is 11.5 Å². The number of amides is 1. The molecule has 0 bridgehead atoms. The van der Waals surface area contributed by atoms with E-state index in [4.69, 9.17) is 18.6 Å². The quantitative estimate of drug-likeness (QED) is 0.774. The number of nitrogens with zero attached hydrogens (tertiary/aromatic N) is 1. The van der Waals surface area contributed by atoms with Crippen molar-refractivity contribution in [3.8, 4) is 11.5 Å². The highest BCUT2D eigenvalue weighted by atomic mass is 16.7. The van der Waals surface area contributed by atoms with E-state index in [0.717, 1.165) is 29.2 Å². The first-order chi connectivity index (χ1) is 12.3. The van der Waals surface area contributed by atoms with Gasteiger partial charge in [0.25, 0.3) is 0 Å². The van der Waals surface area contributed by atoms with Gasteiger partial charge in [0, 0.05) is 32.0 Å². The number of carbonyl (C=O) groups is 1. The molecule has 0 unspecified atom stereocenters. The topological polar surface area (TPSA) is 61.1 Å². The summed E-state index contributed by atoms with van der Waals surface area (Å²) in [6.07, 6.45) is 2.50. The zero-order valence-corrected chi connectivity index (χ0v) is 14.1. The van der Waals surface area contributed by atoms with Crippen molar-refractivity contribution in [1.29, 1.82) is 0 Å². The molecule has 2 heterocycles. The number of methoxy groups -OCH3 is 1. The van der Waals surface area contributed by atoms with Gasteiger partial charge in [-0.2, -0.15) is 0 Å². The van der Waals surface area contributed by atoms with E-state index in [1.165, 1.54) is 0 Å². The van der Waals surface area contributed by atoms with E-state index in [1.807, 2.05) is 35.2 Å². The zero-order chi connectivity index (χ0) is 17.2. The predicted octanol–water partition coefficient (Wildman–Crippen LogP) is 2.79. The van der Waals surface area contributed by atoms with E-state index in [1.54, 1.807) is 13.4 Å². The Morgan fingerprint density at radius 1 is 1.28 bits per heavy atom. The second kappa shape index (κ2) is 6.80. The normalized spacial score (nSPS) is 20.5. The molecular weight excluding hydrogens is 322 g/mol. The lowest BCUT2D eigenvalue weighted by Gasteiger charge is -2.23. The molecule has 1 aromatic heterocycles. The summed E-state index contributed by atoms with van der Waals surface area (Å²) in [7, 11) is 1.64. The average molecular weight is 343 g/mol. The van der Waals surface area contributed by atoms with Crippen molar-refractivity contribution in [2.75, 3.05) is 27.1 Å². The van der Waals surface area contributed by atoms with Crippen molar-refractivity contribution in [2.24, 2.45) is 5.92 Å². The minimum atomic E-state index is -0.00276. The zero-order valence-electron chi connectivity index (χ0n) is 14.1. The number of rotatable bonds is 7. The minimum Gasteiger partial charge on any atom is -0.469 e. The molecule has 4 rings (SSSR count). The Morgan fingerprint density at radius 3 is 2.96 bits per heavy atom. The number of ether oxygens (including phenoxy) is 3. The molecule has 6 nitrogen and oxygen atoms in total. The summed E-state index contributed by atoms with van der Waals surface area (Å²) in [6, 6.07) is 9.60. The fourth-order valence-corrected chi connectivity index (χ4v) is 3.25. The maximum Gasteiger partial charge on any atom is 0.231 e. The fraction of sp³-hybridized carbons (Fsp3) is 0.421. The number of benzene rings is 1. The fourth-order valence-electron chi connectivity index (χ4n) is 3.25. The van der Waals surface area contributed by atoms with Crippen molar-refractivity contribution in [3.05, 3.63) is 47.9 Å². The first-order valence-electron chi connectivity index (χ1n) is 8.46. The molecule has 0 saturated heterocycles. The molecule has 25 heavy (non-hydrogen) atoms. The monoisotopic (exact) mass is 343 g/mol. The second-order valence-corrected chi connectivity index (χ2v) is 6.40. The second-order valence-electron chi connectivity index (χ2n) is 6.40. The van der Waals surface area contributed by atoms with Gasteiger partial charge in [-0.05, 0) is 36.2 Å². The van der Waals surface area contributed by atoms with Crippen LogP contribution in [0.15, 0.2) is 41.0 Å². The van der Waals surface area contributed by atoms with Crippen LogP contribution in [0.2, 0.25) is 0 Å². The number of hydrogen-bond donors (Lipinski definition) is 0. The van der Waals surface area contributed by atoms with Gasteiger partial charge in [-0.1, -0.05) is 6.07 Å². The standard InChI is InChI=1S/C19H21NO5/c1-22-8-6-20(11-13-4-5-17-18(9-13)25-12-24-17)19(21)15-10-14(15)16-3-2-7-23-16/h2-5,7,9,14-15H,6,8,10-12H2,1H3/t14-,15-/m0/s1. The molecule has 2 aromatic rings. The Bertz CT molecular complexity index is 742. The van der Waals surface area contributed by atoms with Crippen LogP contribution in [0, 0.1) is 5.92 Å². The Balaban J connectivity index is 1.45. The van der Waals surface area contributed by atoms with Crippen LogP contribution in [0.3, 0.4) is 0 Å². The molecule has 2 aliphatic rings. The number of furan rings is 1. The maximum absolute atomic E-state index is 12.9. The third-order valence-electron chi connectivity index (χ3n) is 4.70.